The van der Waals surface area contributed by atoms with Crippen molar-refractivity contribution < 1.29 is 13.2 Å². The minimum Gasteiger partial charge on any atom is -0.326 e. The molecule has 0 aliphatic heterocycles. The van der Waals surface area contributed by atoms with Gasteiger partial charge in [-0.25, -0.2) is 8.42 Å². The van der Waals surface area contributed by atoms with E-state index in [-0.39, 0.29) is 17.3 Å². The molecule has 0 unspecified atom stereocenters. The molecule has 2 aromatic carbocycles. The summed E-state index contributed by atoms with van der Waals surface area (Å²) in [6.07, 6.45) is 0. The fraction of sp³-hybridized carbons (Fsp3) is 0.235. The Hall–Kier alpha value is -1.70. The number of benzene rings is 2. The first-order valence-electron chi connectivity index (χ1n) is 7.29. The smallest absolute Gasteiger partial charge is 0.243 e. The summed E-state index contributed by atoms with van der Waals surface area (Å²) < 4.78 is 28.0. The van der Waals surface area contributed by atoms with Gasteiger partial charge in [-0.05, 0) is 42.3 Å². The lowest BCUT2D eigenvalue weighted by atomic mass is 10.2. The second-order valence-corrected chi connectivity index (χ2v) is 8.48. The number of carbonyl (C=O) groups excluding carboxylic acids is 1. The van der Waals surface area contributed by atoms with Crippen molar-refractivity contribution in [1.29, 1.82) is 0 Å². The van der Waals surface area contributed by atoms with Crippen LogP contribution in [0.2, 0.25) is 0 Å². The highest BCUT2D eigenvalue weighted by molar-refractivity contribution is 9.10. The predicted molar refractivity (Wildman–Crippen MR) is 98.3 cm³/mol. The maximum Gasteiger partial charge on any atom is 0.243 e. The second kappa shape index (κ2) is 7.46. The Morgan fingerprint density at radius 2 is 1.79 bits per heavy atom. The van der Waals surface area contributed by atoms with Crippen molar-refractivity contribution in [3.05, 3.63) is 58.1 Å². The Balaban J connectivity index is 2.31. The lowest BCUT2D eigenvalue weighted by Gasteiger charge is -2.19. The molecule has 1 N–H and O–H groups in total. The number of amides is 1. The van der Waals surface area contributed by atoms with Crippen molar-refractivity contribution in [2.45, 2.75) is 25.3 Å². The molecule has 0 atom stereocenters. The zero-order chi connectivity index (χ0) is 17.9. The van der Waals surface area contributed by atoms with E-state index in [0.717, 1.165) is 10.0 Å². The summed E-state index contributed by atoms with van der Waals surface area (Å²) in [5.74, 6) is -0.245. The van der Waals surface area contributed by atoms with Gasteiger partial charge in [0, 0.05) is 30.7 Å². The average Bonchev–Trinajstić information content (AvgIpc) is 2.50. The van der Waals surface area contributed by atoms with Crippen molar-refractivity contribution >= 4 is 37.5 Å². The first-order chi connectivity index (χ1) is 11.2. The lowest BCUT2D eigenvalue weighted by molar-refractivity contribution is -0.114. The van der Waals surface area contributed by atoms with Gasteiger partial charge in [-0.3, -0.25) is 4.79 Å². The highest BCUT2D eigenvalue weighted by Crippen LogP contribution is 2.24. The number of aryl methyl sites for hydroxylation is 1. The number of carbonyl (C=O) groups is 1. The van der Waals surface area contributed by atoms with Gasteiger partial charge < -0.3 is 5.32 Å². The molecule has 0 aliphatic carbocycles. The topological polar surface area (TPSA) is 66.5 Å². The van der Waals surface area contributed by atoms with Gasteiger partial charge >= 0.3 is 0 Å². The number of hydrogen-bond donors (Lipinski definition) is 1. The van der Waals surface area contributed by atoms with E-state index in [9.17, 15) is 13.2 Å². The average molecular weight is 411 g/mol. The molecule has 0 spiro atoms. The van der Waals surface area contributed by atoms with E-state index < -0.39 is 10.0 Å². The number of halogens is 1. The minimum absolute atomic E-state index is 0.188. The summed E-state index contributed by atoms with van der Waals surface area (Å²) in [5.41, 5.74) is 1.98. The van der Waals surface area contributed by atoms with Crippen LogP contribution in [-0.4, -0.2) is 25.7 Å². The van der Waals surface area contributed by atoms with Gasteiger partial charge in [-0.15, -0.1) is 0 Å². The Morgan fingerprint density at radius 3 is 2.38 bits per heavy atom. The van der Waals surface area contributed by atoms with Gasteiger partial charge in [0.25, 0.3) is 0 Å². The van der Waals surface area contributed by atoms with Crippen LogP contribution in [0.4, 0.5) is 5.69 Å². The molecule has 1 amide bonds. The van der Waals surface area contributed by atoms with Gasteiger partial charge in [-0.1, -0.05) is 34.1 Å². The normalized spacial score (nSPS) is 11.5. The van der Waals surface area contributed by atoms with Crippen molar-refractivity contribution in [3.63, 3.8) is 0 Å². The van der Waals surface area contributed by atoms with Crippen molar-refractivity contribution in [2.75, 3.05) is 12.4 Å². The third-order valence-corrected chi connectivity index (χ3v) is 5.99. The molecule has 2 rings (SSSR count). The number of sulfonamides is 1. The third-order valence-electron chi connectivity index (χ3n) is 3.52. The molecule has 0 heterocycles. The SMILES string of the molecule is CC(=O)Nc1ccc(C)c(S(=O)(=O)N(C)Cc2ccc(Br)cc2)c1. The molecule has 2 aromatic rings. The van der Waals surface area contributed by atoms with Crippen LogP contribution < -0.4 is 5.32 Å². The number of nitrogens with one attached hydrogen (secondary N) is 1. The maximum absolute atomic E-state index is 12.9. The van der Waals surface area contributed by atoms with Crippen LogP contribution in [0.25, 0.3) is 0 Å². The minimum atomic E-state index is -3.67. The fourth-order valence-corrected chi connectivity index (χ4v) is 3.93. The fourth-order valence-electron chi connectivity index (χ4n) is 2.26. The van der Waals surface area contributed by atoms with Gasteiger partial charge in [-0.2, -0.15) is 4.31 Å². The number of rotatable bonds is 5. The monoisotopic (exact) mass is 410 g/mol. The van der Waals surface area contributed by atoms with Crippen LogP contribution in [0.5, 0.6) is 0 Å². The van der Waals surface area contributed by atoms with E-state index in [1.54, 1.807) is 26.1 Å². The van der Waals surface area contributed by atoms with Crippen molar-refractivity contribution in [2.24, 2.45) is 0 Å². The van der Waals surface area contributed by atoms with E-state index in [1.807, 2.05) is 24.3 Å². The molecule has 5 nitrogen and oxygen atoms in total. The summed E-state index contributed by atoms with van der Waals surface area (Å²) in [7, 11) is -2.12. The predicted octanol–water partition coefficient (Wildman–Crippen LogP) is 3.54. The maximum atomic E-state index is 12.9. The zero-order valence-corrected chi connectivity index (χ0v) is 16.1. The molecule has 0 saturated heterocycles. The standard InChI is InChI=1S/C17H19BrN2O3S/c1-12-4-9-16(19-13(2)21)10-17(12)24(22,23)20(3)11-14-5-7-15(18)8-6-14/h4-10H,11H2,1-3H3,(H,19,21). The highest BCUT2D eigenvalue weighted by Gasteiger charge is 2.23. The molecule has 128 valence electrons. The van der Waals surface area contributed by atoms with Crippen LogP contribution in [0.15, 0.2) is 51.8 Å². The Morgan fingerprint density at radius 1 is 1.17 bits per heavy atom. The summed E-state index contributed by atoms with van der Waals surface area (Å²) in [5, 5.41) is 2.61. The van der Waals surface area contributed by atoms with Gasteiger partial charge in [0.1, 0.15) is 0 Å². The van der Waals surface area contributed by atoms with E-state index in [1.165, 1.54) is 17.3 Å². The molecule has 0 radical (unpaired) electrons. The van der Waals surface area contributed by atoms with Crippen LogP contribution in [0.3, 0.4) is 0 Å². The van der Waals surface area contributed by atoms with Gasteiger partial charge in [0.05, 0.1) is 4.90 Å². The summed E-state index contributed by atoms with van der Waals surface area (Å²) >= 11 is 3.36. The van der Waals surface area contributed by atoms with Crippen LogP contribution in [0.1, 0.15) is 18.1 Å². The van der Waals surface area contributed by atoms with Crippen molar-refractivity contribution in [1.82, 2.24) is 4.31 Å². The molecule has 0 bridgehead atoms. The Bertz CT molecular complexity index is 849. The molecule has 0 fully saturated rings. The molecule has 0 aliphatic rings. The van der Waals surface area contributed by atoms with E-state index in [2.05, 4.69) is 21.2 Å². The Labute approximate surface area is 150 Å². The third kappa shape index (κ3) is 4.43. The quantitative estimate of drug-likeness (QED) is 0.819. The molecule has 7 heteroatoms. The molecule has 0 aromatic heterocycles. The van der Waals surface area contributed by atoms with Crippen LogP contribution in [0, 0.1) is 6.92 Å². The van der Waals surface area contributed by atoms with Crippen molar-refractivity contribution in [3.8, 4) is 0 Å². The zero-order valence-electron chi connectivity index (χ0n) is 13.7. The molecule has 24 heavy (non-hydrogen) atoms. The van der Waals surface area contributed by atoms with E-state index in [0.29, 0.717) is 11.3 Å². The molecular formula is C17H19BrN2O3S. The number of anilines is 1. The largest absolute Gasteiger partial charge is 0.326 e. The van der Waals surface area contributed by atoms with E-state index >= 15 is 0 Å². The lowest BCUT2D eigenvalue weighted by Crippen LogP contribution is -2.27. The highest BCUT2D eigenvalue weighted by atomic mass is 79.9. The Kier molecular flexibility index (Phi) is 5.79. The summed E-state index contributed by atoms with van der Waals surface area (Å²) in [4.78, 5) is 11.4. The molecule has 0 saturated carbocycles. The first kappa shape index (κ1) is 18.6. The van der Waals surface area contributed by atoms with Gasteiger partial charge in [0.2, 0.25) is 15.9 Å². The summed E-state index contributed by atoms with van der Waals surface area (Å²) in [6, 6.07) is 12.4. The first-order valence-corrected chi connectivity index (χ1v) is 9.52. The summed E-state index contributed by atoms with van der Waals surface area (Å²) in [6.45, 7) is 3.38. The number of hydrogen-bond acceptors (Lipinski definition) is 3. The van der Waals surface area contributed by atoms with Gasteiger partial charge in [0.15, 0.2) is 0 Å². The number of nitrogens with zero attached hydrogens (tertiary/aromatic N) is 1. The second-order valence-electron chi connectivity index (χ2n) is 5.55. The van der Waals surface area contributed by atoms with Crippen LogP contribution >= 0.6 is 15.9 Å². The van der Waals surface area contributed by atoms with E-state index in [4.69, 9.17) is 0 Å². The molecular weight excluding hydrogens is 392 g/mol. The van der Waals surface area contributed by atoms with Crippen LogP contribution in [-0.2, 0) is 21.4 Å².